The van der Waals surface area contributed by atoms with E-state index >= 15 is 0 Å². The summed E-state index contributed by atoms with van der Waals surface area (Å²) in [5.41, 5.74) is 2.25. The van der Waals surface area contributed by atoms with Crippen molar-refractivity contribution in [2.75, 3.05) is 0 Å². The van der Waals surface area contributed by atoms with Gasteiger partial charge in [0.25, 0.3) is 0 Å². The van der Waals surface area contributed by atoms with Crippen molar-refractivity contribution in [1.29, 1.82) is 0 Å². The summed E-state index contributed by atoms with van der Waals surface area (Å²) in [5, 5.41) is 0. The van der Waals surface area contributed by atoms with Crippen molar-refractivity contribution in [3.63, 3.8) is 0 Å². The van der Waals surface area contributed by atoms with E-state index in [1.165, 1.54) is 63.3 Å². The summed E-state index contributed by atoms with van der Waals surface area (Å²) in [7, 11) is 0. The molecule has 1 aromatic carbocycles. The number of hydrogen-bond acceptors (Lipinski definition) is 2. The third-order valence-electron chi connectivity index (χ3n) is 4.88. The van der Waals surface area contributed by atoms with Crippen LogP contribution in [0.3, 0.4) is 0 Å². The number of furan rings is 1. The Morgan fingerprint density at radius 1 is 0.840 bits per heavy atom. The number of aromatic nitrogens is 2. The molecule has 3 heteroatoms. The maximum absolute atomic E-state index is 5.60. The van der Waals surface area contributed by atoms with Crippen LogP contribution < -0.4 is 0 Å². The van der Waals surface area contributed by atoms with E-state index in [2.05, 4.69) is 29.7 Å². The second-order valence-electron chi connectivity index (χ2n) is 6.88. The first-order valence-electron chi connectivity index (χ1n) is 9.89. The van der Waals surface area contributed by atoms with Gasteiger partial charge in [0.1, 0.15) is 0 Å². The molecule has 0 unspecified atom stereocenters. The Kier molecular flexibility index (Phi) is 6.72. The van der Waals surface area contributed by atoms with Gasteiger partial charge in [-0.3, -0.25) is 0 Å². The highest BCUT2D eigenvalue weighted by molar-refractivity contribution is 5.79. The highest BCUT2D eigenvalue weighted by Gasteiger charge is 2.13. The van der Waals surface area contributed by atoms with Crippen molar-refractivity contribution in [2.24, 2.45) is 0 Å². The molecule has 0 fully saturated rings. The predicted molar refractivity (Wildman–Crippen MR) is 105 cm³/mol. The fourth-order valence-corrected chi connectivity index (χ4v) is 3.48. The smallest absolute Gasteiger partial charge is 0.177 e. The largest absolute Gasteiger partial charge is 0.461 e. The maximum atomic E-state index is 5.60. The first kappa shape index (κ1) is 17.8. The minimum Gasteiger partial charge on any atom is -0.461 e. The molecule has 0 aliphatic rings. The van der Waals surface area contributed by atoms with Gasteiger partial charge in [0, 0.05) is 6.54 Å². The molecule has 0 N–H and O–H groups in total. The number of fused-ring (bicyclic) bond motifs is 1. The monoisotopic (exact) mass is 338 g/mol. The van der Waals surface area contributed by atoms with Crippen LogP contribution in [0.1, 0.15) is 64.7 Å². The third-order valence-corrected chi connectivity index (χ3v) is 4.88. The van der Waals surface area contributed by atoms with Crippen LogP contribution in [0.25, 0.3) is 22.6 Å². The number of para-hydroxylation sites is 2. The van der Waals surface area contributed by atoms with Crippen LogP contribution in [-0.4, -0.2) is 9.55 Å². The predicted octanol–water partition coefficient (Wildman–Crippen LogP) is 6.83. The van der Waals surface area contributed by atoms with Gasteiger partial charge in [0.15, 0.2) is 11.6 Å². The molecule has 0 atom stereocenters. The van der Waals surface area contributed by atoms with Gasteiger partial charge in [0.05, 0.1) is 17.3 Å². The van der Waals surface area contributed by atoms with Gasteiger partial charge in [-0.15, -0.1) is 0 Å². The Labute approximate surface area is 151 Å². The van der Waals surface area contributed by atoms with Crippen LogP contribution in [-0.2, 0) is 6.54 Å². The second kappa shape index (κ2) is 9.45. The van der Waals surface area contributed by atoms with Crippen molar-refractivity contribution in [3.05, 3.63) is 42.7 Å². The van der Waals surface area contributed by atoms with E-state index in [0.29, 0.717) is 0 Å². The van der Waals surface area contributed by atoms with Gasteiger partial charge in [0.2, 0.25) is 0 Å². The topological polar surface area (TPSA) is 31.0 Å². The molecular formula is C22H30N2O. The zero-order chi connectivity index (χ0) is 17.3. The summed E-state index contributed by atoms with van der Waals surface area (Å²) in [6.07, 6.45) is 13.9. The summed E-state index contributed by atoms with van der Waals surface area (Å²) < 4.78 is 7.91. The zero-order valence-electron chi connectivity index (χ0n) is 15.4. The van der Waals surface area contributed by atoms with E-state index in [1.54, 1.807) is 6.26 Å². The van der Waals surface area contributed by atoms with Crippen LogP contribution in [0.4, 0.5) is 0 Å². The summed E-state index contributed by atoms with van der Waals surface area (Å²) >= 11 is 0. The van der Waals surface area contributed by atoms with Gasteiger partial charge in [-0.25, -0.2) is 4.98 Å². The first-order valence-corrected chi connectivity index (χ1v) is 9.89. The highest BCUT2D eigenvalue weighted by atomic mass is 16.3. The molecule has 25 heavy (non-hydrogen) atoms. The number of imidazole rings is 1. The Bertz CT molecular complexity index is 743. The molecule has 2 heterocycles. The Balaban J connectivity index is 1.53. The molecule has 0 radical (unpaired) electrons. The summed E-state index contributed by atoms with van der Waals surface area (Å²) in [4.78, 5) is 4.78. The average molecular weight is 338 g/mol. The van der Waals surface area contributed by atoms with Crippen LogP contribution in [0, 0.1) is 0 Å². The van der Waals surface area contributed by atoms with E-state index in [0.717, 1.165) is 23.6 Å². The first-order chi connectivity index (χ1) is 12.4. The van der Waals surface area contributed by atoms with Crippen molar-refractivity contribution in [2.45, 2.75) is 71.3 Å². The lowest BCUT2D eigenvalue weighted by Gasteiger charge is -2.08. The van der Waals surface area contributed by atoms with E-state index in [9.17, 15) is 0 Å². The van der Waals surface area contributed by atoms with Gasteiger partial charge in [-0.2, -0.15) is 0 Å². The third kappa shape index (κ3) is 4.75. The van der Waals surface area contributed by atoms with Gasteiger partial charge in [-0.1, -0.05) is 70.4 Å². The quantitative estimate of drug-likeness (QED) is 0.359. The molecule has 134 valence electrons. The van der Waals surface area contributed by atoms with Gasteiger partial charge >= 0.3 is 0 Å². The van der Waals surface area contributed by atoms with E-state index in [-0.39, 0.29) is 0 Å². The Morgan fingerprint density at radius 3 is 2.28 bits per heavy atom. The normalized spacial score (nSPS) is 11.4. The Hall–Kier alpha value is -2.03. The fraction of sp³-hybridized carbons (Fsp3) is 0.500. The van der Waals surface area contributed by atoms with Crippen LogP contribution in [0.2, 0.25) is 0 Å². The van der Waals surface area contributed by atoms with Crippen molar-refractivity contribution >= 4 is 11.0 Å². The fourth-order valence-electron chi connectivity index (χ4n) is 3.48. The van der Waals surface area contributed by atoms with Gasteiger partial charge < -0.3 is 8.98 Å². The van der Waals surface area contributed by atoms with Crippen molar-refractivity contribution in [1.82, 2.24) is 9.55 Å². The minimum absolute atomic E-state index is 0.854. The zero-order valence-corrected chi connectivity index (χ0v) is 15.4. The molecule has 2 aromatic heterocycles. The standard InChI is InChI=1S/C22H30N2O/c1-2-3-4-5-6-7-8-9-12-17-24-20-15-11-10-14-19(20)23-22(24)21-16-13-18-25-21/h10-11,13-16,18H,2-9,12,17H2,1H3. The minimum atomic E-state index is 0.854. The Morgan fingerprint density at radius 2 is 1.56 bits per heavy atom. The van der Waals surface area contributed by atoms with Crippen LogP contribution in [0.15, 0.2) is 47.1 Å². The summed E-state index contributed by atoms with van der Waals surface area (Å²) in [6, 6.07) is 12.3. The number of aryl methyl sites for hydroxylation is 1. The summed E-state index contributed by atoms with van der Waals surface area (Å²) in [5.74, 6) is 1.80. The van der Waals surface area contributed by atoms with E-state index < -0.39 is 0 Å². The van der Waals surface area contributed by atoms with Crippen LogP contribution in [0.5, 0.6) is 0 Å². The molecule has 0 saturated heterocycles. The second-order valence-corrected chi connectivity index (χ2v) is 6.88. The number of rotatable bonds is 11. The van der Waals surface area contributed by atoms with Gasteiger partial charge in [-0.05, 0) is 30.7 Å². The maximum Gasteiger partial charge on any atom is 0.177 e. The number of nitrogens with zero attached hydrogens (tertiary/aromatic N) is 2. The molecule has 0 spiro atoms. The van der Waals surface area contributed by atoms with Crippen molar-refractivity contribution < 1.29 is 4.42 Å². The molecule has 0 aliphatic carbocycles. The van der Waals surface area contributed by atoms with Crippen molar-refractivity contribution in [3.8, 4) is 11.6 Å². The number of hydrogen-bond donors (Lipinski definition) is 0. The molecular weight excluding hydrogens is 308 g/mol. The lowest BCUT2D eigenvalue weighted by atomic mass is 10.1. The molecule has 3 rings (SSSR count). The van der Waals surface area contributed by atoms with Crippen LogP contribution >= 0.6 is 0 Å². The molecule has 0 bridgehead atoms. The summed E-state index contributed by atoms with van der Waals surface area (Å²) in [6.45, 7) is 3.28. The lowest BCUT2D eigenvalue weighted by molar-refractivity contribution is 0.536. The SMILES string of the molecule is CCCCCCCCCCCn1c(-c2ccco2)nc2ccccc21. The molecule has 3 aromatic rings. The highest BCUT2D eigenvalue weighted by Crippen LogP contribution is 2.25. The average Bonchev–Trinajstić information content (AvgIpc) is 3.28. The molecule has 0 aliphatic heterocycles. The number of benzene rings is 1. The molecule has 3 nitrogen and oxygen atoms in total. The van der Waals surface area contributed by atoms with E-state index in [1.807, 2.05) is 18.2 Å². The number of unbranched alkanes of at least 4 members (excludes halogenated alkanes) is 8. The lowest BCUT2D eigenvalue weighted by Crippen LogP contribution is -2.00. The van der Waals surface area contributed by atoms with E-state index in [4.69, 9.17) is 9.40 Å². The molecule has 0 amide bonds. The molecule has 0 saturated carbocycles.